The van der Waals surface area contributed by atoms with Gasteiger partial charge in [0.05, 0.1) is 0 Å². The van der Waals surface area contributed by atoms with Crippen molar-refractivity contribution in [2.24, 2.45) is 0 Å². The summed E-state index contributed by atoms with van der Waals surface area (Å²) in [5.41, 5.74) is 2.62. The molecule has 1 aliphatic heterocycles. The molecule has 0 amide bonds. The quantitative estimate of drug-likeness (QED) is 0.849. The molecule has 96 valence electrons. The van der Waals surface area contributed by atoms with Crippen LogP contribution in [0.3, 0.4) is 0 Å². The summed E-state index contributed by atoms with van der Waals surface area (Å²) >= 11 is 0. The van der Waals surface area contributed by atoms with E-state index in [4.69, 9.17) is 0 Å². The van der Waals surface area contributed by atoms with Gasteiger partial charge < -0.3 is 10.2 Å². The summed E-state index contributed by atoms with van der Waals surface area (Å²) in [6.45, 7) is 5.36. The van der Waals surface area contributed by atoms with Gasteiger partial charge in [-0.2, -0.15) is 0 Å². The minimum absolute atomic E-state index is 0.701. The van der Waals surface area contributed by atoms with Gasteiger partial charge in [-0.1, -0.05) is 24.3 Å². The molecule has 0 radical (unpaired) electrons. The first-order valence-electron chi connectivity index (χ1n) is 6.41. The SMILES string of the molecule is C=CCNc1cc(N2CCc3ccccc32)ncn1. The Morgan fingerprint density at radius 1 is 1.32 bits per heavy atom. The number of anilines is 3. The topological polar surface area (TPSA) is 41.0 Å². The highest BCUT2D eigenvalue weighted by Gasteiger charge is 2.20. The predicted molar refractivity (Wildman–Crippen MR) is 77.9 cm³/mol. The van der Waals surface area contributed by atoms with Crippen molar-refractivity contribution in [1.82, 2.24) is 9.97 Å². The molecule has 0 saturated carbocycles. The van der Waals surface area contributed by atoms with Gasteiger partial charge in [0.25, 0.3) is 0 Å². The number of para-hydroxylation sites is 1. The summed E-state index contributed by atoms with van der Waals surface area (Å²) in [6, 6.07) is 10.4. The summed E-state index contributed by atoms with van der Waals surface area (Å²) in [7, 11) is 0. The normalized spacial score (nSPS) is 13.2. The monoisotopic (exact) mass is 252 g/mol. The number of nitrogens with one attached hydrogen (secondary N) is 1. The van der Waals surface area contributed by atoms with Gasteiger partial charge in [0.15, 0.2) is 0 Å². The second-order valence-corrected chi connectivity index (χ2v) is 4.46. The molecular weight excluding hydrogens is 236 g/mol. The molecule has 0 fully saturated rings. The zero-order valence-corrected chi connectivity index (χ0v) is 10.7. The first kappa shape index (κ1) is 11.7. The standard InChI is InChI=1S/C15H16N4/c1-2-8-16-14-10-15(18-11-17-14)19-9-7-12-5-3-4-6-13(12)19/h2-6,10-11H,1,7-9H2,(H,16,17,18). The summed E-state index contributed by atoms with van der Waals surface area (Å²) in [5, 5.41) is 3.19. The van der Waals surface area contributed by atoms with Gasteiger partial charge in [0.2, 0.25) is 0 Å². The molecular formula is C15H16N4. The van der Waals surface area contributed by atoms with Crippen LogP contribution in [0, 0.1) is 0 Å². The van der Waals surface area contributed by atoms with Crippen molar-refractivity contribution < 1.29 is 0 Å². The summed E-state index contributed by atoms with van der Waals surface area (Å²) in [5.74, 6) is 1.76. The fourth-order valence-corrected chi connectivity index (χ4v) is 2.34. The van der Waals surface area contributed by atoms with E-state index in [9.17, 15) is 0 Å². The van der Waals surface area contributed by atoms with E-state index in [1.807, 2.05) is 12.1 Å². The van der Waals surface area contributed by atoms with Crippen molar-refractivity contribution >= 4 is 17.3 Å². The van der Waals surface area contributed by atoms with Crippen LogP contribution in [0.25, 0.3) is 0 Å². The van der Waals surface area contributed by atoms with Gasteiger partial charge in [0.1, 0.15) is 18.0 Å². The van der Waals surface area contributed by atoms with Crippen LogP contribution in [0.2, 0.25) is 0 Å². The lowest BCUT2D eigenvalue weighted by molar-refractivity contribution is 0.964. The van der Waals surface area contributed by atoms with Gasteiger partial charge >= 0.3 is 0 Å². The Morgan fingerprint density at radius 2 is 2.21 bits per heavy atom. The average molecular weight is 252 g/mol. The molecule has 1 aromatic heterocycles. The van der Waals surface area contributed by atoms with Crippen LogP contribution in [0.1, 0.15) is 5.56 Å². The molecule has 0 unspecified atom stereocenters. The maximum atomic E-state index is 4.38. The van der Waals surface area contributed by atoms with Gasteiger partial charge in [-0.25, -0.2) is 9.97 Å². The number of hydrogen-bond acceptors (Lipinski definition) is 4. The van der Waals surface area contributed by atoms with Gasteiger partial charge in [0, 0.05) is 24.8 Å². The lowest BCUT2D eigenvalue weighted by Crippen LogP contribution is -2.15. The Labute approximate surface area is 112 Å². The van der Waals surface area contributed by atoms with Crippen LogP contribution in [0.4, 0.5) is 17.3 Å². The van der Waals surface area contributed by atoms with Crippen molar-refractivity contribution in [3.63, 3.8) is 0 Å². The molecule has 0 saturated heterocycles. The first-order valence-corrected chi connectivity index (χ1v) is 6.41. The van der Waals surface area contributed by atoms with Crippen molar-refractivity contribution in [3.8, 4) is 0 Å². The Balaban J connectivity index is 1.89. The molecule has 1 N–H and O–H groups in total. The van der Waals surface area contributed by atoms with Crippen molar-refractivity contribution in [3.05, 3.63) is 54.9 Å². The van der Waals surface area contributed by atoms with E-state index in [2.05, 4.69) is 51.0 Å². The lowest BCUT2D eigenvalue weighted by Gasteiger charge is -2.18. The zero-order chi connectivity index (χ0) is 13.1. The van der Waals surface area contributed by atoms with Crippen molar-refractivity contribution in [2.45, 2.75) is 6.42 Å². The maximum Gasteiger partial charge on any atom is 0.138 e. The number of rotatable bonds is 4. The molecule has 0 bridgehead atoms. The third kappa shape index (κ3) is 2.29. The first-order chi connectivity index (χ1) is 9.38. The second kappa shape index (κ2) is 5.10. The molecule has 2 heterocycles. The predicted octanol–water partition coefficient (Wildman–Crippen LogP) is 2.77. The highest BCUT2D eigenvalue weighted by Crippen LogP contribution is 2.33. The Morgan fingerprint density at radius 3 is 3.11 bits per heavy atom. The molecule has 1 aliphatic rings. The lowest BCUT2D eigenvalue weighted by atomic mass is 10.2. The van der Waals surface area contributed by atoms with E-state index in [1.165, 1.54) is 11.3 Å². The minimum atomic E-state index is 0.701. The molecule has 3 rings (SSSR count). The Kier molecular flexibility index (Phi) is 3.14. The molecule has 2 aromatic rings. The minimum Gasteiger partial charge on any atom is -0.366 e. The van der Waals surface area contributed by atoms with Crippen LogP contribution >= 0.6 is 0 Å². The van der Waals surface area contributed by atoms with E-state index in [0.717, 1.165) is 24.6 Å². The highest BCUT2D eigenvalue weighted by molar-refractivity contribution is 5.68. The van der Waals surface area contributed by atoms with E-state index in [1.54, 1.807) is 6.33 Å². The van der Waals surface area contributed by atoms with Crippen molar-refractivity contribution in [2.75, 3.05) is 23.3 Å². The van der Waals surface area contributed by atoms with Gasteiger partial charge in [-0.05, 0) is 18.1 Å². The molecule has 0 spiro atoms. The van der Waals surface area contributed by atoms with Crippen LogP contribution < -0.4 is 10.2 Å². The third-order valence-electron chi connectivity index (χ3n) is 3.24. The molecule has 0 aliphatic carbocycles. The number of benzene rings is 1. The van der Waals surface area contributed by atoms with Crippen LogP contribution in [-0.4, -0.2) is 23.1 Å². The average Bonchev–Trinajstić information content (AvgIpc) is 2.89. The van der Waals surface area contributed by atoms with Crippen LogP contribution in [0.5, 0.6) is 0 Å². The van der Waals surface area contributed by atoms with E-state index in [-0.39, 0.29) is 0 Å². The number of nitrogens with zero attached hydrogens (tertiary/aromatic N) is 3. The van der Waals surface area contributed by atoms with E-state index >= 15 is 0 Å². The number of fused-ring (bicyclic) bond motifs is 1. The van der Waals surface area contributed by atoms with Crippen molar-refractivity contribution in [1.29, 1.82) is 0 Å². The summed E-state index contributed by atoms with van der Waals surface area (Å²) < 4.78 is 0. The summed E-state index contributed by atoms with van der Waals surface area (Å²) in [6.07, 6.45) is 4.48. The third-order valence-corrected chi connectivity index (χ3v) is 3.24. The molecule has 1 aromatic carbocycles. The summed E-state index contributed by atoms with van der Waals surface area (Å²) in [4.78, 5) is 10.8. The van der Waals surface area contributed by atoms with Gasteiger partial charge in [-0.15, -0.1) is 6.58 Å². The maximum absolute atomic E-state index is 4.38. The molecule has 19 heavy (non-hydrogen) atoms. The van der Waals surface area contributed by atoms with E-state index < -0.39 is 0 Å². The van der Waals surface area contributed by atoms with Gasteiger partial charge in [-0.3, -0.25) is 0 Å². The fourth-order valence-electron chi connectivity index (χ4n) is 2.34. The Hall–Kier alpha value is -2.36. The zero-order valence-electron chi connectivity index (χ0n) is 10.7. The largest absolute Gasteiger partial charge is 0.366 e. The fraction of sp³-hybridized carbons (Fsp3) is 0.200. The number of hydrogen-bond donors (Lipinski definition) is 1. The molecule has 4 heteroatoms. The van der Waals surface area contributed by atoms with Crippen LogP contribution in [-0.2, 0) is 6.42 Å². The van der Waals surface area contributed by atoms with E-state index in [0.29, 0.717) is 6.54 Å². The molecule has 0 atom stereocenters. The second-order valence-electron chi connectivity index (χ2n) is 4.46. The smallest absolute Gasteiger partial charge is 0.138 e. The highest BCUT2D eigenvalue weighted by atomic mass is 15.2. The van der Waals surface area contributed by atoms with Crippen LogP contribution in [0.15, 0.2) is 49.3 Å². The Bertz CT molecular complexity index is 594. The number of aromatic nitrogens is 2. The molecule has 4 nitrogen and oxygen atoms in total.